The quantitative estimate of drug-likeness (QED) is 0.691. The van der Waals surface area contributed by atoms with Gasteiger partial charge in [0.15, 0.2) is 0 Å². The molecule has 0 unspecified atom stereocenters. The van der Waals surface area contributed by atoms with Gasteiger partial charge in [0.1, 0.15) is 5.69 Å². The zero-order valence-electron chi connectivity index (χ0n) is 13.5. The van der Waals surface area contributed by atoms with E-state index in [1.165, 1.54) is 0 Å². The van der Waals surface area contributed by atoms with Crippen LogP contribution in [0.2, 0.25) is 5.02 Å². The number of aromatic nitrogens is 1. The predicted molar refractivity (Wildman–Crippen MR) is 103 cm³/mol. The Balaban J connectivity index is 1.72. The van der Waals surface area contributed by atoms with Crippen LogP contribution in [0.25, 0.3) is 17.2 Å². The van der Waals surface area contributed by atoms with E-state index in [4.69, 9.17) is 16.7 Å². The second kappa shape index (κ2) is 8.30. The lowest BCUT2D eigenvalue weighted by atomic mass is 10.1. The highest BCUT2D eigenvalue weighted by molar-refractivity contribution is 6.30. The molecular weight excluding hydrogens is 330 g/mol. The molecule has 0 aliphatic rings. The van der Waals surface area contributed by atoms with Gasteiger partial charge in [0, 0.05) is 22.3 Å². The standard InChI is InChI=1S/C22H16ClNO/c23-21-11-8-19(9-12-21)20-10-14-22(24-16-20)13-7-18-5-3-17(4-6-18)2-1-15-25/h1-6,8-12,14,16,25H,15H2. The second-order valence-electron chi connectivity index (χ2n) is 5.40. The number of halogens is 1. The lowest BCUT2D eigenvalue weighted by molar-refractivity contribution is 0.343. The van der Waals surface area contributed by atoms with E-state index in [2.05, 4.69) is 16.8 Å². The van der Waals surface area contributed by atoms with Gasteiger partial charge in [-0.05, 0) is 47.4 Å². The lowest BCUT2D eigenvalue weighted by Crippen LogP contribution is -1.84. The van der Waals surface area contributed by atoms with E-state index in [-0.39, 0.29) is 6.61 Å². The van der Waals surface area contributed by atoms with Crippen LogP contribution in [0.15, 0.2) is 72.9 Å². The predicted octanol–water partition coefficient (Wildman–Crippen LogP) is 4.81. The van der Waals surface area contributed by atoms with Gasteiger partial charge in [0.2, 0.25) is 0 Å². The molecule has 0 saturated carbocycles. The van der Waals surface area contributed by atoms with Gasteiger partial charge in [0.25, 0.3) is 0 Å². The number of nitrogens with zero attached hydrogens (tertiary/aromatic N) is 1. The van der Waals surface area contributed by atoms with Crippen LogP contribution in [0.1, 0.15) is 16.8 Å². The maximum absolute atomic E-state index is 8.77. The van der Waals surface area contributed by atoms with Crippen LogP contribution >= 0.6 is 11.6 Å². The fourth-order valence-electron chi connectivity index (χ4n) is 2.28. The van der Waals surface area contributed by atoms with Crippen LogP contribution in [0, 0.1) is 11.8 Å². The van der Waals surface area contributed by atoms with Crippen molar-refractivity contribution >= 4 is 17.7 Å². The minimum Gasteiger partial charge on any atom is -0.392 e. The Kier molecular flexibility index (Phi) is 5.64. The second-order valence-corrected chi connectivity index (χ2v) is 5.83. The van der Waals surface area contributed by atoms with E-state index in [0.717, 1.165) is 33.0 Å². The minimum atomic E-state index is 0.0409. The van der Waals surface area contributed by atoms with Crippen LogP contribution < -0.4 is 0 Å². The molecule has 122 valence electrons. The van der Waals surface area contributed by atoms with Gasteiger partial charge in [-0.2, -0.15) is 0 Å². The molecule has 25 heavy (non-hydrogen) atoms. The van der Waals surface area contributed by atoms with Crippen molar-refractivity contribution in [1.82, 2.24) is 4.98 Å². The molecule has 3 aromatic rings. The van der Waals surface area contributed by atoms with Crippen molar-refractivity contribution in [3.63, 3.8) is 0 Å². The third-order valence-electron chi connectivity index (χ3n) is 3.60. The molecule has 0 spiro atoms. The summed E-state index contributed by atoms with van der Waals surface area (Å²) in [5, 5.41) is 9.49. The van der Waals surface area contributed by atoms with Crippen molar-refractivity contribution < 1.29 is 5.11 Å². The smallest absolute Gasteiger partial charge is 0.113 e. The number of benzene rings is 2. The van der Waals surface area contributed by atoms with E-state index >= 15 is 0 Å². The van der Waals surface area contributed by atoms with Crippen molar-refractivity contribution in [3.8, 4) is 23.0 Å². The number of aliphatic hydroxyl groups excluding tert-OH is 1. The fourth-order valence-corrected chi connectivity index (χ4v) is 2.41. The first-order valence-corrected chi connectivity index (χ1v) is 8.24. The highest BCUT2D eigenvalue weighted by atomic mass is 35.5. The summed E-state index contributed by atoms with van der Waals surface area (Å²) in [5.41, 5.74) is 4.78. The van der Waals surface area contributed by atoms with Crippen molar-refractivity contribution in [2.75, 3.05) is 6.61 Å². The van der Waals surface area contributed by atoms with Crippen molar-refractivity contribution in [2.24, 2.45) is 0 Å². The number of pyridine rings is 1. The van der Waals surface area contributed by atoms with Crippen LogP contribution in [-0.2, 0) is 0 Å². The molecule has 1 heterocycles. The molecule has 0 fully saturated rings. The summed E-state index contributed by atoms with van der Waals surface area (Å²) in [7, 11) is 0. The summed E-state index contributed by atoms with van der Waals surface area (Å²) in [6.45, 7) is 0.0409. The van der Waals surface area contributed by atoms with Crippen molar-refractivity contribution in [1.29, 1.82) is 0 Å². The van der Waals surface area contributed by atoms with E-state index in [1.807, 2.05) is 72.9 Å². The van der Waals surface area contributed by atoms with Crippen LogP contribution in [-0.4, -0.2) is 16.7 Å². The Hall–Kier alpha value is -2.86. The zero-order valence-corrected chi connectivity index (χ0v) is 14.2. The Morgan fingerprint density at radius 1 is 0.880 bits per heavy atom. The lowest BCUT2D eigenvalue weighted by Gasteiger charge is -2.01. The molecule has 0 amide bonds. The van der Waals surface area contributed by atoms with Gasteiger partial charge in [-0.25, -0.2) is 4.98 Å². The van der Waals surface area contributed by atoms with Crippen molar-refractivity contribution in [2.45, 2.75) is 0 Å². The third-order valence-corrected chi connectivity index (χ3v) is 3.85. The fraction of sp³-hybridized carbons (Fsp3) is 0.0455. The SMILES string of the molecule is OCC=Cc1ccc(C#Cc2ccc(-c3ccc(Cl)cc3)cn2)cc1. The monoisotopic (exact) mass is 345 g/mol. The first-order chi connectivity index (χ1) is 12.2. The number of hydrogen-bond acceptors (Lipinski definition) is 2. The van der Waals surface area contributed by atoms with Gasteiger partial charge >= 0.3 is 0 Å². The molecule has 0 aliphatic carbocycles. The maximum atomic E-state index is 8.77. The molecule has 0 atom stereocenters. The van der Waals surface area contributed by atoms with Crippen molar-refractivity contribution in [3.05, 3.63) is 94.8 Å². The van der Waals surface area contributed by atoms with E-state index < -0.39 is 0 Å². The number of aliphatic hydroxyl groups is 1. The van der Waals surface area contributed by atoms with Crippen LogP contribution in [0.4, 0.5) is 0 Å². The summed E-state index contributed by atoms with van der Waals surface area (Å²) >= 11 is 5.91. The summed E-state index contributed by atoms with van der Waals surface area (Å²) in [6.07, 6.45) is 5.39. The summed E-state index contributed by atoms with van der Waals surface area (Å²) in [4.78, 5) is 4.41. The average Bonchev–Trinajstić information content (AvgIpc) is 2.67. The molecule has 3 heteroatoms. The van der Waals surface area contributed by atoms with Gasteiger partial charge in [-0.1, -0.05) is 60.0 Å². The molecule has 0 bridgehead atoms. The minimum absolute atomic E-state index is 0.0409. The highest BCUT2D eigenvalue weighted by Crippen LogP contribution is 2.20. The molecule has 1 N–H and O–H groups in total. The Morgan fingerprint density at radius 3 is 2.24 bits per heavy atom. The summed E-state index contributed by atoms with van der Waals surface area (Å²) in [5.74, 6) is 6.18. The Morgan fingerprint density at radius 2 is 1.60 bits per heavy atom. The van der Waals surface area contributed by atoms with Crippen LogP contribution in [0.5, 0.6) is 0 Å². The van der Waals surface area contributed by atoms with Crippen LogP contribution in [0.3, 0.4) is 0 Å². The first-order valence-electron chi connectivity index (χ1n) is 7.86. The zero-order chi connectivity index (χ0) is 17.5. The molecule has 0 saturated heterocycles. The molecular formula is C22H16ClNO. The largest absolute Gasteiger partial charge is 0.392 e. The molecule has 2 aromatic carbocycles. The van der Waals surface area contributed by atoms with Gasteiger partial charge in [0.05, 0.1) is 6.61 Å². The summed E-state index contributed by atoms with van der Waals surface area (Å²) in [6, 6.07) is 19.4. The maximum Gasteiger partial charge on any atom is 0.113 e. The van der Waals surface area contributed by atoms with Gasteiger partial charge in [-0.3, -0.25) is 0 Å². The van der Waals surface area contributed by atoms with Gasteiger partial charge < -0.3 is 5.11 Å². The molecule has 0 radical (unpaired) electrons. The molecule has 3 rings (SSSR count). The molecule has 1 aromatic heterocycles. The van der Waals surface area contributed by atoms with Gasteiger partial charge in [-0.15, -0.1) is 0 Å². The Bertz CT molecular complexity index is 915. The highest BCUT2D eigenvalue weighted by Gasteiger charge is 1.98. The van der Waals surface area contributed by atoms with E-state index in [9.17, 15) is 0 Å². The van der Waals surface area contributed by atoms with E-state index in [1.54, 1.807) is 6.08 Å². The molecule has 2 nitrogen and oxygen atoms in total. The molecule has 0 aliphatic heterocycles. The number of rotatable bonds is 3. The first kappa shape index (κ1) is 17.0. The average molecular weight is 346 g/mol. The Labute approximate surface area is 152 Å². The van der Waals surface area contributed by atoms with E-state index in [0.29, 0.717) is 0 Å². The normalized spacial score (nSPS) is 10.5. The summed E-state index contributed by atoms with van der Waals surface area (Å²) < 4.78 is 0. The number of hydrogen-bond donors (Lipinski definition) is 1. The topological polar surface area (TPSA) is 33.1 Å². The third kappa shape index (κ3) is 4.81.